The van der Waals surface area contributed by atoms with Gasteiger partial charge in [-0.25, -0.2) is 18.4 Å². The molecule has 1 heterocycles. The monoisotopic (exact) mass is 446 g/mol. The van der Waals surface area contributed by atoms with Gasteiger partial charge < -0.3 is 15.2 Å². The van der Waals surface area contributed by atoms with Crippen molar-refractivity contribution in [1.29, 1.82) is 0 Å². The third-order valence-electron chi connectivity index (χ3n) is 5.14. The number of carboxylic acid groups (broad SMARTS) is 1. The fourth-order valence-electron chi connectivity index (χ4n) is 3.38. The highest BCUT2D eigenvalue weighted by atomic mass is 19.1. The van der Waals surface area contributed by atoms with Crippen LogP contribution in [0.3, 0.4) is 0 Å². The van der Waals surface area contributed by atoms with Crippen LogP contribution in [0.2, 0.25) is 0 Å². The number of nitrogens with zero attached hydrogens (tertiary/aromatic N) is 1. The van der Waals surface area contributed by atoms with Crippen LogP contribution in [0.4, 0.5) is 13.6 Å². The lowest BCUT2D eigenvalue weighted by Crippen LogP contribution is -2.37. The van der Waals surface area contributed by atoms with E-state index in [0.29, 0.717) is 25.0 Å². The Bertz CT molecular complexity index is 1000. The van der Waals surface area contributed by atoms with Gasteiger partial charge in [-0.15, -0.1) is 0 Å². The van der Waals surface area contributed by atoms with Crippen molar-refractivity contribution in [2.24, 2.45) is 0 Å². The maximum absolute atomic E-state index is 13.4. The number of ether oxygens (including phenoxy) is 1. The van der Waals surface area contributed by atoms with E-state index in [2.05, 4.69) is 5.32 Å². The molecule has 0 aromatic heterocycles. The normalized spacial score (nSPS) is 16.2. The second kappa shape index (κ2) is 9.33. The minimum Gasteiger partial charge on any atom is -0.478 e. The topological polar surface area (TPSA) is 95.9 Å². The number of aryl methyl sites for hydroxylation is 1. The van der Waals surface area contributed by atoms with Gasteiger partial charge in [0.1, 0.15) is 23.4 Å². The molecule has 3 rings (SSSR count). The Morgan fingerprint density at radius 1 is 1.09 bits per heavy atom. The summed E-state index contributed by atoms with van der Waals surface area (Å²) in [7, 11) is 0. The summed E-state index contributed by atoms with van der Waals surface area (Å²) in [6.07, 6.45) is 1.65. The van der Waals surface area contributed by atoms with E-state index in [4.69, 9.17) is 9.84 Å². The van der Waals surface area contributed by atoms with Crippen molar-refractivity contribution < 1.29 is 33.0 Å². The summed E-state index contributed by atoms with van der Waals surface area (Å²) in [6.45, 7) is 2.72. The SMILES string of the molecule is CC(C)(Oc1ccc(CCCC2NC(=O)N(Cc3cc(F)cc(F)c3)C2=O)cc1)C(=O)O. The number of benzene rings is 2. The molecule has 1 atom stereocenters. The Labute approximate surface area is 184 Å². The molecule has 1 unspecified atom stereocenters. The molecule has 0 radical (unpaired) electrons. The summed E-state index contributed by atoms with van der Waals surface area (Å²) >= 11 is 0. The van der Waals surface area contributed by atoms with Gasteiger partial charge in [-0.2, -0.15) is 0 Å². The van der Waals surface area contributed by atoms with Gasteiger partial charge in [-0.1, -0.05) is 12.1 Å². The molecule has 9 heteroatoms. The Balaban J connectivity index is 1.51. The number of amides is 3. The van der Waals surface area contributed by atoms with Crippen LogP contribution in [0.15, 0.2) is 42.5 Å². The van der Waals surface area contributed by atoms with Gasteiger partial charge in [0.2, 0.25) is 0 Å². The molecular formula is C23H24F2N2O5. The lowest BCUT2D eigenvalue weighted by molar-refractivity contribution is -0.152. The average Bonchev–Trinajstić information content (AvgIpc) is 2.96. The molecular weight excluding hydrogens is 422 g/mol. The molecule has 0 saturated carbocycles. The van der Waals surface area contributed by atoms with Crippen LogP contribution in [0.1, 0.15) is 37.8 Å². The minimum atomic E-state index is -1.34. The predicted octanol–water partition coefficient (Wildman–Crippen LogP) is 3.65. The molecule has 1 aliphatic rings. The molecule has 0 bridgehead atoms. The van der Waals surface area contributed by atoms with E-state index < -0.39 is 41.2 Å². The number of carbonyl (C=O) groups is 3. The maximum Gasteiger partial charge on any atom is 0.347 e. The van der Waals surface area contributed by atoms with E-state index in [-0.39, 0.29) is 12.1 Å². The van der Waals surface area contributed by atoms with Crippen LogP contribution in [0.25, 0.3) is 0 Å². The standard InChI is InChI=1S/C23H24F2N2O5/c1-23(2,21(29)30)32-18-8-6-14(7-9-18)4-3-5-19-20(28)27(22(31)26-19)13-15-10-16(24)12-17(25)11-15/h6-12,19H,3-5,13H2,1-2H3,(H,26,31)(H,29,30). The van der Waals surface area contributed by atoms with Crippen molar-refractivity contribution >= 4 is 17.9 Å². The highest BCUT2D eigenvalue weighted by Gasteiger charge is 2.37. The van der Waals surface area contributed by atoms with Crippen molar-refractivity contribution in [2.45, 2.75) is 51.3 Å². The quantitative estimate of drug-likeness (QED) is 0.574. The first-order valence-electron chi connectivity index (χ1n) is 10.1. The zero-order valence-corrected chi connectivity index (χ0v) is 17.7. The fourth-order valence-corrected chi connectivity index (χ4v) is 3.38. The number of hydrogen-bond acceptors (Lipinski definition) is 4. The van der Waals surface area contributed by atoms with E-state index in [1.165, 1.54) is 13.8 Å². The largest absolute Gasteiger partial charge is 0.478 e. The molecule has 2 aromatic carbocycles. The number of aliphatic carboxylic acids is 1. The third-order valence-corrected chi connectivity index (χ3v) is 5.14. The van der Waals surface area contributed by atoms with E-state index in [1.807, 2.05) is 12.1 Å². The van der Waals surface area contributed by atoms with Crippen LogP contribution in [-0.4, -0.2) is 39.6 Å². The third kappa shape index (κ3) is 5.60. The summed E-state index contributed by atoms with van der Waals surface area (Å²) in [5, 5.41) is 11.7. The van der Waals surface area contributed by atoms with E-state index >= 15 is 0 Å². The molecule has 32 heavy (non-hydrogen) atoms. The van der Waals surface area contributed by atoms with Crippen LogP contribution < -0.4 is 10.1 Å². The minimum absolute atomic E-state index is 0.194. The fraction of sp³-hybridized carbons (Fsp3) is 0.348. The maximum atomic E-state index is 13.4. The van der Waals surface area contributed by atoms with Gasteiger partial charge in [0.25, 0.3) is 5.91 Å². The van der Waals surface area contributed by atoms with Crippen LogP contribution in [0, 0.1) is 11.6 Å². The lowest BCUT2D eigenvalue weighted by atomic mass is 10.0. The first-order valence-corrected chi connectivity index (χ1v) is 10.1. The molecule has 3 amide bonds. The van der Waals surface area contributed by atoms with Crippen LogP contribution >= 0.6 is 0 Å². The zero-order chi connectivity index (χ0) is 23.5. The van der Waals surface area contributed by atoms with Crippen molar-refractivity contribution in [3.63, 3.8) is 0 Å². The van der Waals surface area contributed by atoms with Gasteiger partial charge in [-0.3, -0.25) is 9.69 Å². The van der Waals surface area contributed by atoms with Crippen molar-refractivity contribution in [1.82, 2.24) is 10.2 Å². The van der Waals surface area contributed by atoms with Gasteiger partial charge in [0.15, 0.2) is 5.60 Å². The smallest absolute Gasteiger partial charge is 0.347 e. The second-order valence-corrected chi connectivity index (χ2v) is 8.16. The van der Waals surface area contributed by atoms with E-state index in [1.54, 1.807) is 12.1 Å². The van der Waals surface area contributed by atoms with Crippen molar-refractivity contribution in [2.75, 3.05) is 0 Å². The van der Waals surface area contributed by atoms with Gasteiger partial charge in [-0.05, 0) is 68.5 Å². The number of imide groups is 1. The molecule has 1 fully saturated rings. The second-order valence-electron chi connectivity index (χ2n) is 8.16. The Hall–Kier alpha value is -3.49. The van der Waals surface area contributed by atoms with Crippen molar-refractivity contribution in [3.8, 4) is 5.75 Å². The Morgan fingerprint density at radius 3 is 2.31 bits per heavy atom. The molecule has 0 spiro atoms. The lowest BCUT2D eigenvalue weighted by Gasteiger charge is -2.21. The summed E-state index contributed by atoms with van der Waals surface area (Å²) in [4.78, 5) is 36.8. The van der Waals surface area contributed by atoms with E-state index in [0.717, 1.165) is 28.7 Å². The first kappa shape index (κ1) is 23.2. The van der Waals surface area contributed by atoms with Gasteiger partial charge in [0.05, 0.1) is 6.54 Å². The summed E-state index contributed by atoms with van der Waals surface area (Å²) in [6, 6.07) is 8.60. The highest BCUT2D eigenvalue weighted by Crippen LogP contribution is 2.21. The molecule has 1 aliphatic heterocycles. The highest BCUT2D eigenvalue weighted by molar-refractivity contribution is 6.04. The first-order chi connectivity index (χ1) is 15.0. The molecule has 2 N–H and O–H groups in total. The summed E-state index contributed by atoms with van der Waals surface area (Å²) < 4.78 is 32.2. The van der Waals surface area contributed by atoms with Crippen LogP contribution in [0.5, 0.6) is 5.75 Å². The number of halogens is 2. The van der Waals surface area contributed by atoms with Crippen molar-refractivity contribution in [3.05, 3.63) is 65.2 Å². The summed E-state index contributed by atoms with van der Waals surface area (Å²) in [5.74, 6) is -2.61. The molecule has 170 valence electrons. The Morgan fingerprint density at radius 2 is 1.72 bits per heavy atom. The summed E-state index contributed by atoms with van der Waals surface area (Å²) in [5.41, 5.74) is -0.180. The zero-order valence-electron chi connectivity index (χ0n) is 17.7. The van der Waals surface area contributed by atoms with Gasteiger partial charge >= 0.3 is 12.0 Å². The van der Waals surface area contributed by atoms with Gasteiger partial charge in [0, 0.05) is 6.07 Å². The average molecular weight is 446 g/mol. The molecule has 2 aromatic rings. The van der Waals surface area contributed by atoms with E-state index in [9.17, 15) is 23.2 Å². The molecule has 1 saturated heterocycles. The number of carbonyl (C=O) groups excluding carboxylic acids is 2. The number of nitrogens with one attached hydrogen (secondary N) is 1. The number of carboxylic acids is 1. The molecule has 7 nitrogen and oxygen atoms in total. The number of rotatable bonds is 9. The predicted molar refractivity (Wildman–Crippen MR) is 111 cm³/mol. The van der Waals surface area contributed by atoms with Crippen LogP contribution in [-0.2, 0) is 22.6 Å². The number of urea groups is 1. The molecule has 0 aliphatic carbocycles. The number of hydrogen-bond donors (Lipinski definition) is 2. The Kier molecular flexibility index (Phi) is 6.76.